The van der Waals surface area contributed by atoms with Crippen LogP contribution in [0.3, 0.4) is 0 Å². The van der Waals surface area contributed by atoms with E-state index < -0.39 is 11.5 Å². The van der Waals surface area contributed by atoms with Crippen LogP contribution in [0.15, 0.2) is 40.9 Å². The number of rotatable bonds is 3. The monoisotopic (exact) mass is 393 g/mol. The number of aliphatic hydroxyl groups is 1. The highest BCUT2D eigenvalue weighted by Crippen LogP contribution is 2.42. The number of halogens is 2. The number of amides is 1. The average molecular weight is 395 g/mol. The molecule has 3 rings (SSSR count). The second kappa shape index (κ2) is 5.74. The molecule has 0 radical (unpaired) electrons. The van der Waals surface area contributed by atoms with Crippen LogP contribution in [0.25, 0.3) is 0 Å². The van der Waals surface area contributed by atoms with Crippen LogP contribution < -0.4 is 5.32 Å². The Morgan fingerprint density at radius 1 is 1.30 bits per heavy atom. The third kappa shape index (κ3) is 2.80. The maximum Gasteiger partial charge on any atom is 0.261 e. The SMILES string of the molecule is Cc1cc(Cl)cc2c1NC(=O)[C@@]2(O)CC(=O)c1ccc(Br)cc1. The summed E-state index contributed by atoms with van der Waals surface area (Å²) in [5.74, 6) is -0.927. The zero-order valence-electron chi connectivity index (χ0n) is 12.2. The van der Waals surface area contributed by atoms with E-state index in [-0.39, 0.29) is 12.2 Å². The fourth-order valence-electron chi connectivity index (χ4n) is 2.72. The fraction of sp³-hybridized carbons (Fsp3) is 0.176. The van der Waals surface area contributed by atoms with Gasteiger partial charge < -0.3 is 10.4 Å². The molecule has 6 heteroatoms. The van der Waals surface area contributed by atoms with Crippen LogP contribution in [0.2, 0.25) is 5.02 Å². The van der Waals surface area contributed by atoms with Crippen LogP contribution in [-0.4, -0.2) is 16.8 Å². The van der Waals surface area contributed by atoms with Gasteiger partial charge in [0.25, 0.3) is 5.91 Å². The summed E-state index contributed by atoms with van der Waals surface area (Å²) in [5, 5.41) is 13.9. The topological polar surface area (TPSA) is 66.4 Å². The predicted octanol–water partition coefficient (Wildman–Crippen LogP) is 3.82. The molecular formula is C17H13BrClNO3. The quantitative estimate of drug-likeness (QED) is 0.778. The van der Waals surface area contributed by atoms with Gasteiger partial charge in [0.2, 0.25) is 0 Å². The van der Waals surface area contributed by atoms with Gasteiger partial charge in [-0.2, -0.15) is 0 Å². The van der Waals surface area contributed by atoms with E-state index in [2.05, 4.69) is 21.2 Å². The van der Waals surface area contributed by atoms with Crippen molar-refractivity contribution in [2.24, 2.45) is 0 Å². The summed E-state index contributed by atoms with van der Waals surface area (Å²) in [5.41, 5.74) is 0.132. The van der Waals surface area contributed by atoms with Crippen molar-refractivity contribution < 1.29 is 14.7 Å². The van der Waals surface area contributed by atoms with Gasteiger partial charge in [0.1, 0.15) is 0 Å². The number of carbonyl (C=O) groups excluding carboxylic acids is 2. The van der Waals surface area contributed by atoms with E-state index >= 15 is 0 Å². The number of benzene rings is 2. The maximum absolute atomic E-state index is 12.5. The molecular weight excluding hydrogens is 382 g/mol. The van der Waals surface area contributed by atoms with Crippen molar-refractivity contribution in [1.29, 1.82) is 0 Å². The Bertz CT molecular complexity index is 819. The molecule has 1 aliphatic heterocycles. The summed E-state index contributed by atoms with van der Waals surface area (Å²) in [6.45, 7) is 1.78. The van der Waals surface area contributed by atoms with Crippen molar-refractivity contribution >= 4 is 44.9 Å². The lowest BCUT2D eigenvalue weighted by Gasteiger charge is -2.20. The minimum absolute atomic E-state index is 0.319. The highest BCUT2D eigenvalue weighted by Gasteiger charge is 2.47. The number of hydrogen-bond acceptors (Lipinski definition) is 3. The van der Waals surface area contributed by atoms with Gasteiger partial charge in [0, 0.05) is 20.6 Å². The first kappa shape index (κ1) is 16.2. The lowest BCUT2D eigenvalue weighted by Crippen LogP contribution is -2.36. The first-order valence-electron chi connectivity index (χ1n) is 6.94. The molecule has 23 heavy (non-hydrogen) atoms. The molecule has 0 bridgehead atoms. The van der Waals surface area contributed by atoms with Gasteiger partial charge in [-0.15, -0.1) is 0 Å². The van der Waals surface area contributed by atoms with Gasteiger partial charge in [-0.1, -0.05) is 39.7 Å². The molecule has 0 saturated carbocycles. The molecule has 0 spiro atoms. The zero-order chi connectivity index (χ0) is 16.8. The van der Waals surface area contributed by atoms with Crippen LogP contribution in [0.1, 0.15) is 27.9 Å². The minimum atomic E-state index is -1.91. The Kier molecular flexibility index (Phi) is 4.04. The Labute approximate surface area is 146 Å². The fourth-order valence-corrected chi connectivity index (χ4v) is 3.26. The number of nitrogens with one attached hydrogen (secondary N) is 1. The van der Waals surface area contributed by atoms with Gasteiger partial charge in [-0.05, 0) is 36.8 Å². The first-order valence-corrected chi connectivity index (χ1v) is 8.11. The van der Waals surface area contributed by atoms with Crippen molar-refractivity contribution in [2.75, 3.05) is 5.32 Å². The second-order valence-electron chi connectivity index (χ2n) is 5.57. The number of anilines is 1. The number of hydrogen-bond donors (Lipinski definition) is 2. The summed E-state index contributed by atoms with van der Waals surface area (Å²) in [4.78, 5) is 24.7. The highest BCUT2D eigenvalue weighted by molar-refractivity contribution is 9.10. The van der Waals surface area contributed by atoms with Gasteiger partial charge in [-0.3, -0.25) is 9.59 Å². The summed E-state index contributed by atoms with van der Waals surface area (Å²) >= 11 is 9.34. The molecule has 118 valence electrons. The van der Waals surface area contributed by atoms with Gasteiger partial charge >= 0.3 is 0 Å². The molecule has 1 amide bonds. The van der Waals surface area contributed by atoms with Gasteiger partial charge in [0.15, 0.2) is 11.4 Å². The van der Waals surface area contributed by atoms with Gasteiger partial charge in [-0.25, -0.2) is 0 Å². The second-order valence-corrected chi connectivity index (χ2v) is 6.92. The number of aryl methyl sites for hydroxylation is 1. The van der Waals surface area contributed by atoms with Crippen molar-refractivity contribution in [2.45, 2.75) is 18.9 Å². The van der Waals surface area contributed by atoms with Crippen LogP contribution >= 0.6 is 27.5 Å². The largest absolute Gasteiger partial charge is 0.375 e. The Hall–Kier alpha value is -1.69. The van der Waals surface area contributed by atoms with Crippen molar-refractivity contribution in [3.05, 3.63) is 62.6 Å². The smallest absolute Gasteiger partial charge is 0.261 e. The van der Waals surface area contributed by atoms with E-state index in [4.69, 9.17) is 11.6 Å². The molecule has 1 heterocycles. The molecule has 0 unspecified atom stereocenters. The van der Waals surface area contributed by atoms with Crippen molar-refractivity contribution in [1.82, 2.24) is 0 Å². The summed E-state index contributed by atoms with van der Waals surface area (Å²) in [7, 11) is 0. The Balaban J connectivity index is 1.98. The molecule has 2 N–H and O–H groups in total. The van der Waals surface area contributed by atoms with E-state index in [1.54, 1.807) is 37.3 Å². The van der Waals surface area contributed by atoms with Crippen molar-refractivity contribution in [3.8, 4) is 0 Å². The lowest BCUT2D eigenvalue weighted by molar-refractivity contribution is -0.133. The molecule has 4 nitrogen and oxygen atoms in total. The van der Waals surface area contributed by atoms with E-state index in [0.717, 1.165) is 10.0 Å². The average Bonchev–Trinajstić information content (AvgIpc) is 2.73. The molecule has 2 aromatic rings. The molecule has 0 fully saturated rings. The Morgan fingerprint density at radius 2 is 1.96 bits per heavy atom. The highest BCUT2D eigenvalue weighted by atomic mass is 79.9. The van der Waals surface area contributed by atoms with Crippen molar-refractivity contribution in [3.63, 3.8) is 0 Å². The van der Waals surface area contributed by atoms with Crippen LogP contribution in [-0.2, 0) is 10.4 Å². The van der Waals surface area contributed by atoms with Crippen LogP contribution in [0.5, 0.6) is 0 Å². The molecule has 0 saturated heterocycles. The summed E-state index contributed by atoms with van der Waals surface area (Å²) < 4.78 is 0.846. The molecule has 0 aromatic heterocycles. The van der Waals surface area contributed by atoms with E-state index in [1.807, 2.05) is 0 Å². The third-order valence-electron chi connectivity index (χ3n) is 3.94. The van der Waals surface area contributed by atoms with Crippen LogP contribution in [0, 0.1) is 6.92 Å². The summed E-state index contributed by atoms with van der Waals surface area (Å²) in [6.07, 6.45) is -0.340. The third-order valence-corrected chi connectivity index (χ3v) is 4.69. The number of Topliss-reactive ketones (excluding diaryl/α,β-unsaturated/α-hetero) is 1. The first-order chi connectivity index (χ1) is 10.8. The number of fused-ring (bicyclic) bond motifs is 1. The zero-order valence-corrected chi connectivity index (χ0v) is 14.5. The summed E-state index contributed by atoms with van der Waals surface area (Å²) in [6, 6.07) is 9.99. The minimum Gasteiger partial charge on any atom is -0.375 e. The standard InChI is InChI=1S/C17H13BrClNO3/c1-9-6-12(19)7-13-15(9)20-16(22)17(13,23)8-14(21)10-2-4-11(18)5-3-10/h2-7,23H,8H2,1H3,(H,20,22)/t17-/m1/s1. The normalized spacial score (nSPS) is 19.4. The number of carbonyl (C=O) groups is 2. The molecule has 1 aliphatic rings. The van der Waals surface area contributed by atoms with E-state index in [0.29, 0.717) is 21.8 Å². The molecule has 0 aliphatic carbocycles. The lowest BCUT2D eigenvalue weighted by atomic mass is 9.87. The number of ketones is 1. The van der Waals surface area contributed by atoms with Crippen LogP contribution in [0.4, 0.5) is 5.69 Å². The molecule has 1 atom stereocenters. The Morgan fingerprint density at radius 3 is 2.61 bits per heavy atom. The van der Waals surface area contributed by atoms with Gasteiger partial charge in [0.05, 0.1) is 12.1 Å². The maximum atomic E-state index is 12.5. The predicted molar refractivity (Wildman–Crippen MR) is 91.8 cm³/mol. The molecule has 2 aromatic carbocycles. The van der Waals surface area contributed by atoms with E-state index in [9.17, 15) is 14.7 Å². The van der Waals surface area contributed by atoms with E-state index in [1.165, 1.54) is 6.07 Å².